The fourth-order valence-electron chi connectivity index (χ4n) is 1.76. The van der Waals surface area contributed by atoms with E-state index in [0.29, 0.717) is 0 Å². The molecule has 0 saturated carbocycles. The van der Waals surface area contributed by atoms with E-state index in [1.807, 2.05) is 0 Å². The standard InChI is InChI=1S/C13H10F3N3O3S/c1-18(6-11-17-10(7-23-11)13(14,15)16)12(20)8-3-2-4-9(5-8)19(21)22/h2-5,7H,6H2,1H3. The first-order valence-corrected chi connectivity index (χ1v) is 7.08. The van der Waals surface area contributed by atoms with Gasteiger partial charge in [0.2, 0.25) is 0 Å². The summed E-state index contributed by atoms with van der Waals surface area (Å²) in [6.45, 7) is -0.123. The molecular formula is C13H10F3N3O3S. The molecule has 0 atom stereocenters. The third kappa shape index (κ3) is 4.03. The van der Waals surface area contributed by atoms with Crippen LogP contribution in [0.4, 0.5) is 18.9 Å². The van der Waals surface area contributed by atoms with Crippen LogP contribution in [0.1, 0.15) is 21.1 Å². The van der Waals surface area contributed by atoms with E-state index in [4.69, 9.17) is 0 Å². The molecule has 6 nitrogen and oxygen atoms in total. The molecule has 0 bridgehead atoms. The number of non-ortho nitro benzene ring substituents is 1. The van der Waals surface area contributed by atoms with Gasteiger partial charge in [0, 0.05) is 30.1 Å². The molecule has 23 heavy (non-hydrogen) atoms. The summed E-state index contributed by atoms with van der Waals surface area (Å²) in [7, 11) is 1.38. The lowest BCUT2D eigenvalue weighted by Crippen LogP contribution is -2.26. The molecule has 0 radical (unpaired) electrons. The van der Waals surface area contributed by atoms with Gasteiger partial charge in [0.1, 0.15) is 5.01 Å². The lowest BCUT2D eigenvalue weighted by atomic mass is 10.2. The van der Waals surface area contributed by atoms with E-state index in [1.165, 1.54) is 25.2 Å². The summed E-state index contributed by atoms with van der Waals surface area (Å²) in [6, 6.07) is 5.12. The SMILES string of the molecule is CN(Cc1nc(C(F)(F)F)cs1)C(=O)c1cccc([N+](=O)[O-])c1. The Bertz CT molecular complexity index is 745. The number of aromatic nitrogens is 1. The molecule has 0 unspecified atom stereocenters. The Morgan fingerprint density at radius 2 is 2.13 bits per heavy atom. The zero-order valence-electron chi connectivity index (χ0n) is 11.7. The van der Waals surface area contributed by atoms with Crippen LogP contribution in [0, 0.1) is 10.1 Å². The van der Waals surface area contributed by atoms with Crippen molar-refractivity contribution in [1.82, 2.24) is 9.88 Å². The average molecular weight is 345 g/mol. The Hall–Kier alpha value is -2.49. The quantitative estimate of drug-likeness (QED) is 0.629. The van der Waals surface area contributed by atoms with Gasteiger partial charge < -0.3 is 4.90 Å². The van der Waals surface area contributed by atoms with Gasteiger partial charge >= 0.3 is 6.18 Å². The number of hydrogen-bond donors (Lipinski definition) is 0. The van der Waals surface area contributed by atoms with Gasteiger partial charge in [-0.15, -0.1) is 11.3 Å². The van der Waals surface area contributed by atoms with Crippen molar-refractivity contribution in [2.75, 3.05) is 7.05 Å². The molecule has 1 aromatic heterocycles. The van der Waals surface area contributed by atoms with Crippen LogP contribution < -0.4 is 0 Å². The first-order chi connectivity index (χ1) is 10.7. The lowest BCUT2D eigenvalue weighted by molar-refractivity contribution is -0.384. The van der Waals surface area contributed by atoms with Gasteiger partial charge in [0.15, 0.2) is 5.69 Å². The molecule has 0 aliphatic carbocycles. The van der Waals surface area contributed by atoms with Gasteiger partial charge in [0.25, 0.3) is 11.6 Å². The van der Waals surface area contributed by atoms with Crippen molar-refractivity contribution in [2.24, 2.45) is 0 Å². The number of thiazole rings is 1. The molecule has 2 aromatic rings. The first kappa shape index (κ1) is 16.9. The minimum absolute atomic E-state index is 0.0781. The van der Waals surface area contributed by atoms with E-state index in [0.717, 1.165) is 27.7 Å². The van der Waals surface area contributed by atoms with Crippen LogP contribution in [-0.2, 0) is 12.7 Å². The molecular weight excluding hydrogens is 335 g/mol. The second-order valence-corrected chi connectivity index (χ2v) is 5.54. The highest BCUT2D eigenvalue weighted by Gasteiger charge is 2.33. The normalized spacial score (nSPS) is 11.3. The predicted molar refractivity (Wildman–Crippen MR) is 76.0 cm³/mol. The molecule has 10 heteroatoms. The number of carbonyl (C=O) groups excluding carboxylic acids is 1. The van der Waals surface area contributed by atoms with Crippen LogP contribution in [0.5, 0.6) is 0 Å². The Labute approximate surface area is 132 Å². The molecule has 1 heterocycles. The van der Waals surface area contributed by atoms with Crippen molar-refractivity contribution < 1.29 is 22.9 Å². The molecule has 0 N–H and O–H groups in total. The van der Waals surface area contributed by atoms with E-state index in [-0.39, 0.29) is 22.8 Å². The van der Waals surface area contributed by atoms with Crippen LogP contribution in [-0.4, -0.2) is 27.8 Å². The Balaban J connectivity index is 2.12. The number of hydrogen-bond acceptors (Lipinski definition) is 5. The number of benzene rings is 1. The predicted octanol–water partition coefficient (Wildman–Crippen LogP) is 3.34. The van der Waals surface area contributed by atoms with Crippen LogP contribution in [0.2, 0.25) is 0 Å². The van der Waals surface area contributed by atoms with Gasteiger partial charge in [-0.2, -0.15) is 13.2 Å². The summed E-state index contributed by atoms with van der Waals surface area (Å²) in [6.07, 6.45) is -4.53. The maximum absolute atomic E-state index is 12.5. The molecule has 0 fully saturated rings. The third-order valence-corrected chi connectivity index (χ3v) is 3.70. The van der Waals surface area contributed by atoms with Gasteiger partial charge in [0.05, 0.1) is 11.5 Å². The van der Waals surface area contributed by atoms with Crippen LogP contribution in [0.25, 0.3) is 0 Å². The molecule has 0 aliphatic rings. The van der Waals surface area contributed by atoms with E-state index < -0.39 is 22.7 Å². The monoisotopic (exact) mass is 345 g/mol. The van der Waals surface area contributed by atoms with Gasteiger partial charge in [-0.05, 0) is 6.07 Å². The molecule has 122 valence electrons. The molecule has 1 amide bonds. The Kier molecular flexibility index (Phi) is 4.64. The maximum atomic E-state index is 12.5. The second kappa shape index (κ2) is 6.32. The minimum atomic E-state index is -4.53. The number of carbonyl (C=O) groups is 1. The first-order valence-electron chi connectivity index (χ1n) is 6.20. The van der Waals surface area contributed by atoms with Crippen molar-refractivity contribution in [3.63, 3.8) is 0 Å². The molecule has 2 rings (SSSR count). The summed E-state index contributed by atoms with van der Waals surface area (Å²) in [5.41, 5.74) is -1.17. The topological polar surface area (TPSA) is 76.3 Å². The number of alkyl halides is 3. The molecule has 0 saturated heterocycles. The van der Waals surface area contributed by atoms with Crippen molar-refractivity contribution in [1.29, 1.82) is 0 Å². The highest BCUT2D eigenvalue weighted by molar-refractivity contribution is 7.09. The van der Waals surface area contributed by atoms with E-state index >= 15 is 0 Å². The highest BCUT2D eigenvalue weighted by atomic mass is 32.1. The average Bonchev–Trinajstić information content (AvgIpc) is 2.95. The van der Waals surface area contributed by atoms with Crippen molar-refractivity contribution >= 4 is 22.9 Å². The zero-order valence-corrected chi connectivity index (χ0v) is 12.5. The largest absolute Gasteiger partial charge is 0.434 e. The number of nitro benzene ring substituents is 1. The number of rotatable bonds is 4. The lowest BCUT2D eigenvalue weighted by Gasteiger charge is -2.15. The second-order valence-electron chi connectivity index (χ2n) is 4.59. The van der Waals surface area contributed by atoms with Crippen LogP contribution in [0.3, 0.4) is 0 Å². The van der Waals surface area contributed by atoms with Crippen molar-refractivity contribution in [3.05, 3.63) is 56.0 Å². The number of nitrogens with zero attached hydrogens (tertiary/aromatic N) is 3. The third-order valence-electron chi connectivity index (χ3n) is 2.87. The summed E-state index contributed by atoms with van der Waals surface area (Å²) in [4.78, 5) is 26.8. The Morgan fingerprint density at radius 3 is 2.70 bits per heavy atom. The highest BCUT2D eigenvalue weighted by Crippen LogP contribution is 2.30. The van der Waals surface area contributed by atoms with E-state index in [1.54, 1.807) is 0 Å². The van der Waals surface area contributed by atoms with E-state index in [9.17, 15) is 28.1 Å². The summed E-state index contributed by atoms with van der Waals surface area (Å²) < 4.78 is 37.4. The number of nitro groups is 1. The number of amides is 1. The zero-order chi connectivity index (χ0) is 17.2. The summed E-state index contributed by atoms with van der Waals surface area (Å²) in [5, 5.41) is 11.7. The fourth-order valence-corrected chi connectivity index (χ4v) is 2.61. The maximum Gasteiger partial charge on any atom is 0.434 e. The van der Waals surface area contributed by atoms with Crippen LogP contribution in [0.15, 0.2) is 29.6 Å². The number of halogens is 3. The summed E-state index contributed by atoms with van der Waals surface area (Å²) in [5.74, 6) is -0.544. The summed E-state index contributed by atoms with van der Waals surface area (Å²) >= 11 is 0.792. The molecule has 1 aromatic carbocycles. The minimum Gasteiger partial charge on any atom is -0.335 e. The van der Waals surface area contributed by atoms with Gasteiger partial charge in [-0.3, -0.25) is 14.9 Å². The Morgan fingerprint density at radius 1 is 1.43 bits per heavy atom. The smallest absolute Gasteiger partial charge is 0.335 e. The fraction of sp³-hybridized carbons (Fsp3) is 0.231. The van der Waals surface area contributed by atoms with Crippen molar-refractivity contribution in [3.8, 4) is 0 Å². The molecule has 0 aliphatic heterocycles. The molecule has 0 spiro atoms. The van der Waals surface area contributed by atoms with E-state index in [2.05, 4.69) is 4.98 Å². The van der Waals surface area contributed by atoms with Crippen molar-refractivity contribution in [2.45, 2.75) is 12.7 Å². The van der Waals surface area contributed by atoms with Gasteiger partial charge in [-0.25, -0.2) is 4.98 Å². The van der Waals surface area contributed by atoms with Gasteiger partial charge in [-0.1, -0.05) is 6.07 Å². The van der Waals surface area contributed by atoms with Crippen LogP contribution >= 0.6 is 11.3 Å².